The van der Waals surface area contributed by atoms with Gasteiger partial charge in [-0.05, 0) is 69.0 Å². The molecule has 0 saturated heterocycles. The summed E-state index contributed by atoms with van der Waals surface area (Å²) in [6.45, 7) is 10.7. The summed E-state index contributed by atoms with van der Waals surface area (Å²) in [6.07, 6.45) is -0.701. The van der Waals surface area contributed by atoms with E-state index < -0.39 is 53.5 Å². The molecule has 0 aromatic heterocycles. The number of aliphatic carboxylic acids is 1. The van der Waals surface area contributed by atoms with Crippen molar-refractivity contribution in [3.63, 3.8) is 0 Å². The molecule has 0 spiro atoms. The molecular formula is C37H46N4O8. The van der Waals surface area contributed by atoms with Gasteiger partial charge in [-0.3, -0.25) is 19.2 Å². The van der Waals surface area contributed by atoms with Crippen LogP contribution in [0.3, 0.4) is 0 Å². The summed E-state index contributed by atoms with van der Waals surface area (Å²) < 4.78 is 11.3. The van der Waals surface area contributed by atoms with Crippen molar-refractivity contribution in [1.82, 2.24) is 15.5 Å². The average Bonchev–Trinajstić information content (AvgIpc) is 3.05. The number of anilines is 1. The Bertz CT molecular complexity index is 1600. The second kappa shape index (κ2) is 17.1. The van der Waals surface area contributed by atoms with Crippen LogP contribution in [-0.4, -0.2) is 70.6 Å². The number of rotatable bonds is 14. The molecular weight excluding hydrogens is 628 g/mol. The monoisotopic (exact) mass is 674 g/mol. The molecule has 0 bridgehead atoms. The Hall–Kier alpha value is -5.39. The van der Waals surface area contributed by atoms with E-state index in [0.29, 0.717) is 5.75 Å². The predicted octanol–water partition coefficient (Wildman–Crippen LogP) is 5.03. The molecule has 49 heavy (non-hydrogen) atoms. The molecule has 0 unspecified atom stereocenters. The summed E-state index contributed by atoms with van der Waals surface area (Å²) in [5.41, 5.74) is 1.26. The lowest BCUT2D eigenvalue weighted by Crippen LogP contribution is -2.55. The molecule has 0 fully saturated rings. The van der Waals surface area contributed by atoms with E-state index in [1.165, 1.54) is 31.0 Å². The molecule has 0 radical (unpaired) electrons. The first-order chi connectivity index (χ1) is 23.1. The smallest absolute Gasteiger partial charge is 0.408 e. The first-order valence-corrected chi connectivity index (χ1v) is 16.0. The maximum atomic E-state index is 14.0. The van der Waals surface area contributed by atoms with Crippen molar-refractivity contribution in [2.75, 3.05) is 12.4 Å². The second-order valence-electron chi connectivity index (χ2n) is 13.0. The van der Waals surface area contributed by atoms with Crippen molar-refractivity contribution in [3.8, 4) is 5.75 Å². The number of amides is 4. The molecule has 0 aliphatic heterocycles. The fourth-order valence-electron chi connectivity index (χ4n) is 4.80. The molecule has 0 aliphatic carbocycles. The van der Waals surface area contributed by atoms with Crippen LogP contribution in [0.15, 0.2) is 78.9 Å². The number of likely N-dealkylation sites (N-methyl/N-ethyl adjacent to an activating group) is 1. The highest BCUT2D eigenvalue weighted by atomic mass is 16.5. The number of carbonyl (C=O) groups is 5. The first-order valence-electron chi connectivity index (χ1n) is 16.0. The van der Waals surface area contributed by atoms with E-state index in [1.807, 2.05) is 51.1 Å². The van der Waals surface area contributed by atoms with Gasteiger partial charge in [0.2, 0.25) is 11.8 Å². The molecule has 0 heterocycles. The van der Waals surface area contributed by atoms with E-state index in [1.54, 1.807) is 50.2 Å². The van der Waals surface area contributed by atoms with Crippen LogP contribution >= 0.6 is 0 Å². The molecule has 12 heteroatoms. The highest BCUT2D eigenvalue weighted by Gasteiger charge is 2.35. The SMILES string of the molecule is CC(C)[C@H](NC(=O)OCc1ccccc1)C(=O)N(C)[C@@H](Cc1ccc(OC(C)(C)C)cc1)C(=O)Nc1ccccc1C(=O)N[C@@H](C)C(=O)O. The molecule has 262 valence electrons. The van der Waals surface area contributed by atoms with Crippen molar-refractivity contribution >= 4 is 35.5 Å². The van der Waals surface area contributed by atoms with Gasteiger partial charge < -0.3 is 35.4 Å². The van der Waals surface area contributed by atoms with Crippen LogP contribution in [-0.2, 0) is 32.1 Å². The third-order valence-electron chi connectivity index (χ3n) is 7.46. The van der Waals surface area contributed by atoms with E-state index in [2.05, 4.69) is 16.0 Å². The number of hydrogen-bond acceptors (Lipinski definition) is 7. The molecule has 0 aliphatic rings. The largest absolute Gasteiger partial charge is 0.488 e. The normalized spacial score (nSPS) is 13.0. The fourth-order valence-corrected chi connectivity index (χ4v) is 4.80. The number of alkyl carbamates (subject to hydrolysis) is 1. The van der Waals surface area contributed by atoms with Crippen LogP contribution in [0, 0.1) is 5.92 Å². The predicted molar refractivity (Wildman–Crippen MR) is 185 cm³/mol. The van der Waals surface area contributed by atoms with E-state index in [0.717, 1.165) is 11.1 Å². The van der Waals surface area contributed by atoms with Crippen LogP contribution in [0.25, 0.3) is 0 Å². The number of benzene rings is 3. The average molecular weight is 675 g/mol. The molecule has 3 atom stereocenters. The van der Waals surface area contributed by atoms with E-state index in [-0.39, 0.29) is 30.2 Å². The zero-order chi connectivity index (χ0) is 36.3. The summed E-state index contributed by atoms with van der Waals surface area (Å²) in [5, 5.41) is 17.1. The van der Waals surface area contributed by atoms with Gasteiger partial charge in [0.1, 0.15) is 36.1 Å². The highest BCUT2D eigenvalue weighted by Crippen LogP contribution is 2.22. The lowest BCUT2D eigenvalue weighted by atomic mass is 9.99. The van der Waals surface area contributed by atoms with E-state index >= 15 is 0 Å². The van der Waals surface area contributed by atoms with Gasteiger partial charge in [0.05, 0.1) is 11.3 Å². The third kappa shape index (κ3) is 11.7. The quantitative estimate of drug-likeness (QED) is 0.185. The lowest BCUT2D eigenvalue weighted by molar-refractivity contribution is -0.139. The minimum atomic E-state index is -1.22. The van der Waals surface area contributed by atoms with Gasteiger partial charge in [-0.25, -0.2) is 4.79 Å². The molecule has 3 aromatic rings. The number of carboxylic acids is 1. The minimum Gasteiger partial charge on any atom is -0.488 e. The number of ether oxygens (including phenoxy) is 2. The molecule has 4 N–H and O–H groups in total. The van der Waals surface area contributed by atoms with Crippen molar-refractivity contribution in [1.29, 1.82) is 0 Å². The van der Waals surface area contributed by atoms with Crippen LogP contribution < -0.4 is 20.7 Å². The van der Waals surface area contributed by atoms with E-state index in [4.69, 9.17) is 9.47 Å². The maximum Gasteiger partial charge on any atom is 0.408 e. The standard InChI is InChI=1S/C37H46N4O8/c1-23(2)31(40-36(47)48-22-26-13-9-8-10-14-26)34(44)41(7)30(21-25-17-19-27(20-18-25)49-37(4,5)6)33(43)39-29-16-12-11-15-28(29)32(42)38-24(3)35(45)46/h8-20,23-24,30-31H,21-22H2,1-7H3,(H,38,42)(H,39,43)(H,40,47)(H,45,46)/t24-,30-,31-/m0/s1. The number of carbonyl (C=O) groups excluding carboxylic acids is 4. The Morgan fingerprint density at radius 1 is 0.816 bits per heavy atom. The summed E-state index contributed by atoms with van der Waals surface area (Å²) >= 11 is 0. The van der Waals surface area contributed by atoms with Gasteiger partial charge >= 0.3 is 12.1 Å². The minimum absolute atomic E-state index is 0.0136. The van der Waals surface area contributed by atoms with Crippen molar-refractivity contribution in [2.45, 2.75) is 78.3 Å². The molecule has 12 nitrogen and oxygen atoms in total. The summed E-state index contributed by atoms with van der Waals surface area (Å²) in [6, 6.07) is 19.1. The van der Waals surface area contributed by atoms with Gasteiger partial charge in [0.25, 0.3) is 5.91 Å². The Morgan fingerprint density at radius 2 is 1.43 bits per heavy atom. The Morgan fingerprint density at radius 3 is 2.02 bits per heavy atom. The topological polar surface area (TPSA) is 163 Å². The first kappa shape index (κ1) is 38.1. The second-order valence-corrected chi connectivity index (χ2v) is 13.0. The van der Waals surface area contributed by atoms with Gasteiger partial charge in [-0.15, -0.1) is 0 Å². The van der Waals surface area contributed by atoms with Crippen molar-refractivity contribution in [3.05, 3.63) is 95.6 Å². The zero-order valence-electron chi connectivity index (χ0n) is 29.0. The van der Waals surface area contributed by atoms with Gasteiger partial charge in [-0.1, -0.05) is 68.4 Å². The zero-order valence-corrected chi connectivity index (χ0v) is 29.0. The Kier molecular flexibility index (Phi) is 13.3. The molecule has 0 saturated carbocycles. The van der Waals surface area contributed by atoms with Crippen LogP contribution in [0.2, 0.25) is 0 Å². The van der Waals surface area contributed by atoms with Gasteiger partial charge in [-0.2, -0.15) is 0 Å². The third-order valence-corrected chi connectivity index (χ3v) is 7.46. The molecule has 4 amide bonds. The summed E-state index contributed by atoms with van der Waals surface area (Å²) in [4.78, 5) is 66.3. The van der Waals surface area contributed by atoms with Crippen LogP contribution in [0.1, 0.15) is 63.0 Å². The number of carboxylic acid groups (broad SMARTS) is 1. The van der Waals surface area contributed by atoms with Crippen LogP contribution in [0.4, 0.5) is 10.5 Å². The van der Waals surface area contributed by atoms with Crippen molar-refractivity contribution in [2.24, 2.45) is 5.92 Å². The summed E-state index contributed by atoms with van der Waals surface area (Å²) in [5.74, 6) is -2.77. The fraction of sp³-hybridized carbons (Fsp3) is 0.378. The van der Waals surface area contributed by atoms with E-state index in [9.17, 15) is 29.1 Å². The number of hydrogen-bond donors (Lipinski definition) is 4. The van der Waals surface area contributed by atoms with Gasteiger partial charge in [0.15, 0.2) is 0 Å². The van der Waals surface area contributed by atoms with Crippen LogP contribution in [0.5, 0.6) is 5.75 Å². The number of nitrogens with one attached hydrogen (secondary N) is 3. The van der Waals surface area contributed by atoms with Crippen molar-refractivity contribution < 1.29 is 38.6 Å². The lowest BCUT2D eigenvalue weighted by Gasteiger charge is -2.32. The summed E-state index contributed by atoms with van der Waals surface area (Å²) in [7, 11) is 1.48. The molecule has 3 rings (SSSR count). The molecule has 3 aromatic carbocycles. The maximum absolute atomic E-state index is 14.0. The highest BCUT2D eigenvalue weighted by molar-refractivity contribution is 6.06. The van der Waals surface area contributed by atoms with Gasteiger partial charge in [0, 0.05) is 13.5 Å². The Balaban J connectivity index is 1.88. The number of para-hydroxylation sites is 1. The Labute approximate surface area is 287 Å². The number of nitrogens with zero attached hydrogens (tertiary/aromatic N) is 1.